The summed E-state index contributed by atoms with van der Waals surface area (Å²) in [5.41, 5.74) is 0.727. The molecule has 0 bridgehead atoms. The van der Waals surface area contributed by atoms with Crippen LogP contribution in [0.15, 0.2) is 11.6 Å². The van der Waals surface area contributed by atoms with Crippen molar-refractivity contribution in [3.05, 3.63) is 11.6 Å². The number of aliphatic hydroxyl groups excluding tert-OH is 1. The lowest BCUT2D eigenvalue weighted by atomic mass is 10.2. The van der Waals surface area contributed by atoms with Gasteiger partial charge in [0.2, 0.25) is 5.91 Å². The molecule has 0 aliphatic rings. The molecule has 0 aromatic rings. The summed E-state index contributed by atoms with van der Waals surface area (Å²) in [4.78, 5) is 11.1. The second-order valence-electron chi connectivity index (χ2n) is 2.61. The van der Waals surface area contributed by atoms with Crippen molar-refractivity contribution in [1.82, 2.24) is 5.32 Å². The predicted octanol–water partition coefficient (Wildman–Crippen LogP) is 0.841. The Labute approximate surface area is 73.5 Å². The van der Waals surface area contributed by atoms with Crippen LogP contribution in [0.25, 0.3) is 0 Å². The average molecular weight is 171 g/mol. The summed E-state index contributed by atoms with van der Waals surface area (Å²) >= 11 is 0. The third kappa shape index (κ3) is 4.91. The summed E-state index contributed by atoms with van der Waals surface area (Å²) in [5, 5.41) is 11.2. The maximum Gasteiger partial charge on any atom is 0.246 e. The van der Waals surface area contributed by atoms with Gasteiger partial charge in [-0.2, -0.15) is 0 Å². The number of carbonyl (C=O) groups excluding carboxylic acids is 1. The summed E-state index contributed by atoms with van der Waals surface area (Å²) in [6.07, 6.45) is 3.33. The summed E-state index contributed by atoms with van der Waals surface area (Å²) < 4.78 is 0. The van der Waals surface area contributed by atoms with Crippen molar-refractivity contribution in [2.75, 3.05) is 13.2 Å². The van der Waals surface area contributed by atoms with Crippen LogP contribution in [0.4, 0.5) is 0 Å². The second kappa shape index (κ2) is 6.85. The Morgan fingerprint density at radius 1 is 1.58 bits per heavy atom. The van der Waals surface area contributed by atoms with Crippen LogP contribution in [0.5, 0.6) is 0 Å². The normalized spacial score (nSPS) is 11.4. The van der Waals surface area contributed by atoms with Gasteiger partial charge in [-0.05, 0) is 26.7 Å². The maximum absolute atomic E-state index is 11.1. The minimum absolute atomic E-state index is 0.0181. The largest absolute Gasteiger partial charge is 0.396 e. The van der Waals surface area contributed by atoms with Gasteiger partial charge in [0.05, 0.1) is 0 Å². The first-order chi connectivity index (χ1) is 5.72. The molecule has 0 radical (unpaired) electrons. The van der Waals surface area contributed by atoms with Crippen LogP contribution in [-0.4, -0.2) is 24.2 Å². The Bertz CT molecular complexity index is 164. The van der Waals surface area contributed by atoms with E-state index < -0.39 is 0 Å². The zero-order valence-electron chi connectivity index (χ0n) is 7.76. The molecule has 0 rings (SSSR count). The quantitative estimate of drug-likeness (QED) is 0.475. The fourth-order valence-electron chi connectivity index (χ4n) is 0.803. The number of rotatable bonds is 5. The number of nitrogens with one attached hydrogen (secondary N) is 1. The molecule has 0 aliphatic heterocycles. The van der Waals surface area contributed by atoms with Crippen molar-refractivity contribution in [2.45, 2.75) is 26.7 Å². The van der Waals surface area contributed by atoms with Gasteiger partial charge in [-0.3, -0.25) is 4.79 Å². The molecule has 0 aliphatic carbocycles. The highest BCUT2D eigenvalue weighted by Crippen LogP contribution is 1.97. The van der Waals surface area contributed by atoms with E-state index >= 15 is 0 Å². The Hall–Kier alpha value is -0.830. The summed E-state index contributed by atoms with van der Waals surface area (Å²) in [5.74, 6) is -0.0181. The van der Waals surface area contributed by atoms with E-state index in [1.54, 1.807) is 6.92 Å². The lowest BCUT2D eigenvalue weighted by molar-refractivity contribution is -0.117. The molecule has 1 amide bonds. The highest BCUT2D eigenvalue weighted by Gasteiger charge is 1.99. The fourth-order valence-corrected chi connectivity index (χ4v) is 0.803. The van der Waals surface area contributed by atoms with Gasteiger partial charge in [0.1, 0.15) is 0 Å². The molecule has 3 heteroatoms. The van der Waals surface area contributed by atoms with E-state index in [1.807, 2.05) is 13.0 Å². The molecule has 0 heterocycles. The highest BCUT2D eigenvalue weighted by molar-refractivity contribution is 5.92. The van der Waals surface area contributed by atoms with Crippen molar-refractivity contribution in [3.8, 4) is 0 Å². The summed E-state index contributed by atoms with van der Waals surface area (Å²) in [6.45, 7) is 4.50. The lowest BCUT2D eigenvalue weighted by Crippen LogP contribution is -2.23. The number of amides is 1. The van der Waals surface area contributed by atoms with E-state index in [0.29, 0.717) is 6.54 Å². The van der Waals surface area contributed by atoms with Gasteiger partial charge in [-0.1, -0.05) is 6.08 Å². The van der Waals surface area contributed by atoms with Crippen molar-refractivity contribution in [2.24, 2.45) is 0 Å². The Kier molecular flexibility index (Phi) is 6.38. The molecular formula is C9H17NO2. The zero-order valence-corrected chi connectivity index (χ0v) is 7.76. The van der Waals surface area contributed by atoms with Crippen molar-refractivity contribution >= 4 is 5.91 Å². The number of hydrogen-bond donors (Lipinski definition) is 2. The van der Waals surface area contributed by atoms with Crippen LogP contribution in [0, 0.1) is 0 Å². The molecule has 0 unspecified atom stereocenters. The number of unbranched alkanes of at least 4 members (excludes halogenated alkanes) is 1. The van der Waals surface area contributed by atoms with E-state index in [9.17, 15) is 4.79 Å². The van der Waals surface area contributed by atoms with Crippen molar-refractivity contribution in [1.29, 1.82) is 0 Å². The number of aliphatic hydroxyl groups is 1. The average Bonchev–Trinajstić information content (AvgIpc) is 2.05. The zero-order chi connectivity index (χ0) is 9.40. The molecule has 12 heavy (non-hydrogen) atoms. The van der Waals surface area contributed by atoms with Crippen LogP contribution < -0.4 is 5.32 Å². The number of allylic oxidation sites excluding steroid dienone is 1. The summed E-state index contributed by atoms with van der Waals surface area (Å²) in [6, 6.07) is 0. The topological polar surface area (TPSA) is 49.3 Å². The SMILES string of the molecule is CCNC(=O)C(C)=CCCCO. The molecule has 3 nitrogen and oxygen atoms in total. The molecule has 70 valence electrons. The lowest BCUT2D eigenvalue weighted by Gasteiger charge is -2.00. The van der Waals surface area contributed by atoms with Gasteiger partial charge >= 0.3 is 0 Å². The van der Waals surface area contributed by atoms with Gasteiger partial charge in [0.25, 0.3) is 0 Å². The van der Waals surface area contributed by atoms with Gasteiger partial charge in [-0.25, -0.2) is 0 Å². The Morgan fingerprint density at radius 3 is 2.75 bits per heavy atom. The molecule has 0 spiro atoms. The number of carbonyl (C=O) groups is 1. The van der Waals surface area contributed by atoms with Crippen LogP contribution in [0.1, 0.15) is 26.7 Å². The van der Waals surface area contributed by atoms with E-state index in [-0.39, 0.29) is 12.5 Å². The van der Waals surface area contributed by atoms with E-state index in [0.717, 1.165) is 18.4 Å². The monoisotopic (exact) mass is 171 g/mol. The summed E-state index contributed by atoms with van der Waals surface area (Å²) in [7, 11) is 0. The van der Waals surface area contributed by atoms with E-state index in [2.05, 4.69) is 5.32 Å². The molecule has 0 saturated carbocycles. The first-order valence-corrected chi connectivity index (χ1v) is 4.28. The Balaban J connectivity index is 3.74. The fraction of sp³-hybridized carbons (Fsp3) is 0.667. The maximum atomic E-state index is 11.1. The minimum Gasteiger partial charge on any atom is -0.396 e. The molecular weight excluding hydrogens is 154 g/mol. The molecule has 0 fully saturated rings. The number of likely N-dealkylation sites (N-methyl/N-ethyl adjacent to an activating group) is 1. The smallest absolute Gasteiger partial charge is 0.246 e. The Morgan fingerprint density at radius 2 is 2.25 bits per heavy atom. The van der Waals surface area contributed by atoms with Gasteiger partial charge in [0.15, 0.2) is 0 Å². The second-order valence-corrected chi connectivity index (χ2v) is 2.61. The highest BCUT2D eigenvalue weighted by atomic mass is 16.2. The van der Waals surface area contributed by atoms with Crippen LogP contribution in [0.3, 0.4) is 0 Å². The first-order valence-electron chi connectivity index (χ1n) is 4.28. The standard InChI is InChI=1S/C9H17NO2/c1-3-10-9(12)8(2)6-4-5-7-11/h6,11H,3-5,7H2,1-2H3,(H,10,12). The predicted molar refractivity (Wildman–Crippen MR) is 48.8 cm³/mol. The van der Waals surface area contributed by atoms with E-state index in [4.69, 9.17) is 5.11 Å². The van der Waals surface area contributed by atoms with Crippen LogP contribution in [0.2, 0.25) is 0 Å². The van der Waals surface area contributed by atoms with Gasteiger partial charge in [0, 0.05) is 18.7 Å². The van der Waals surface area contributed by atoms with Crippen LogP contribution >= 0.6 is 0 Å². The van der Waals surface area contributed by atoms with Crippen molar-refractivity contribution in [3.63, 3.8) is 0 Å². The molecule has 2 N–H and O–H groups in total. The molecule has 0 aromatic carbocycles. The van der Waals surface area contributed by atoms with Crippen molar-refractivity contribution < 1.29 is 9.90 Å². The third-order valence-corrected chi connectivity index (χ3v) is 1.51. The van der Waals surface area contributed by atoms with Gasteiger partial charge < -0.3 is 10.4 Å². The number of hydrogen-bond acceptors (Lipinski definition) is 2. The molecule has 0 aromatic heterocycles. The minimum atomic E-state index is -0.0181. The van der Waals surface area contributed by atoms with E-state index in [1.165, 1.54) is 0 Å². The van der Waals surface area contributed by atoms with Crippen LogP contribution in [-0.2, 0) is 4.79 Å². The van der Waals surface area contributed by atoms with Gasteiger partial charge in [-0.15, -0.1) is 0 Å². The molecule has 0 atom stereocenters. The molecule has 0 saturated heterocycles. The third-order valence-electron chi connectivity index (χ3n) is 1.51. The first kappa shape index (κ1) is 11.2.